The number of rotatable bonds is 5. The lowest BCUT2D eigenvalue weighted by molar-refractivity contribution is 0.232. The molecule has 0 spiro atoms. The van der Waals surface area contributed by atoms with Crippen LogP contribution in [0.15, 0.2) is 18.3 Å². The molecule has 0 bridgehead atoms. The van der Waals surface area contributed by atoms with Gasteiger partial charge >= 0.3 is 0 Å². The molecule has 0 aliphatic carbocycles. The van der Waals surface area contributed by atoms with Gasteiger partial charge in [-0.25, -0.2) is 4.98 Å². The number of nitrogens with zero attached hydrogens (tertiary/aromatic N) is 3. The third kappa shape index (κ3) is 2.96. The number of anilines is 1. The Bertz CT molecular complexity index is 362. The first-order valence-electron chi connectivity index (χ1n) is 6.78. The van der Waals surface area contributed by atoms with Gasteiger partial charge < -0.3 is 4.90 Å². The first kappa shape index (κ1) is 13.6. The zero-order valence-electron chi connectivity index (χ0n) is 11.3. The van der Waals surface area contributed by atoms with E-state index in [9.17, 15) is 0 Å². The molecule has 1 aromatic rings. The van der Waals surface area contributed by atoms with Gasteiger partial charge in [-0.3, -0.25) is 4.90 Å². The molecule has 1 saturated heterocycles. The zero-order chi connectivity index (χ0) is 13.0. The summed E-state index contributed by atoms with van der Waals surface area (Å²) in [4.78, 5) is 9.41. The van der Waals surface area contributed by atoms with Crippen molar-refractivity contribution in [1.29, 1.82) is 0 Å². The van der Waals surface area contributed by atoms with Crippen LogP contribution in [0.2, 0.25) is 0 Å². The van der Waals surface area contributed by atoms with E-state index in [-0.39, 0.29) is 0 Å². The summed E-state index contributed by atoms with van der Waals surface area (Å²) in [6.07, 6.45) is 3.12. The van der Waals surface area contributed by atoms with Crippen molar-refractivity contribution in [3.8, 4) is 0 Å². The van der Waals surface area contributed by atoms with Gasteiger partial charge in [-0.2, -0.15) is 0 Å². The molecule has 0 aromatic carbocycles. The van der Waals surface area contributed by atoms with Crippen molar-refractivity contribution in [1.82, 2.24) is 9.88 Å². The number of hydrogen-bond donors (Lipinski definition) is 0. The van der Waals surface area contributed by atoms with Gasteiger partial charge in [0, 0.05) is 31.2 Å². The summed E-state index contributed by atoms with van der Waals surface area (Å²) >= 11 is 5.78. The first-order chi connectivity index (χ1) is 8.78. The van der Waals surface area contributed by atoms with E-state index in [1.165, 1.54) is 6.42 Å². The van der Waals surface area contributed by atoms with Gasteiger partial charge in [-0.1, -0.05) is 19.9 Å². The average Bonchev–Trinajstić information content (AvgIpc) is 2.90. The van der Waals surface area contributed by atoms with Crippen molar-refractivity contribution in [2.75, 3.05) is 31.1 Å². The molecule has 0 amide bonds. The summed E-state index contributed by atoms with van der Waals surface area (Å²) in [6, 6.07) is 4.83. The lowest BCUT2D eigenvalue weighted by atomic mass is 10.2. The highest BCUT2D eigenvalue weighted by Gasteiger charge is 2.26. The van der Waals surface area contributed by atoms with Crippen LogP contribution in [0.1, 0.15) is 25.8 Å². The maximum Gasteiger partial charge on any atom is 0.128 e. The predicted molar refractivity (Wildman–Crippen MR) is 77.3 cm³/mol. The van der Waals surface area contributed by atoms with E-state index in [0.717, 1.165) is 37.6 Å². The molecule has 2 heterocycles. The van der Waals surface area contributed by atoms with Crippen LogP contribution >= 0.6 is 11.6 Å². The van der Waals surface area contributed by atoms with Crippen LogP contribution in [0, 0.1) is 0 Å². The second kappa shape index (κ2) is 6.39. The average molecular weight is 268 g/mol. The monoisotopic (exact) mass is 267 g/mol. The van der Waals surface area contributed by atoms with Crippen LogP contribution in [-0.4, -0.2) is 42.1 Å². The SMILES string of the molecule is CCN(CC)C1CCN(c2ccc(CCl)cn2)C1. The highest BCUT2D eigenvalue weighted by molar-refractivity contribution is 6.17. The van der Waals surface area contributed by atoms with Crippen LogP contribution in [-0.2, 0) is 5.88 Å². The molecular formula is C14H22ClN3. The molecular weight excluding hydrogens is 246 g/mol. The third-order valence-electron chi connectivity index (χ3n) is 3.78. The van der Waals surface area contributed by atoms with Gasteiger partial charge in [0.05, 0.1) is 0 Å². The van der Waals surface area contributed by atoms with Crippen molar-refractivity contribution in [2.24, 2.45) is 0 Å². The molecule has 3 nitrogen and oxygen atoms in total. The normalized spacial score (nSPS) is 19.8. The van der Waals surface area contributed by atoms with Crippen molar-refractivity contribution in [3.63, 3.8) is 0 Å². The third-order valence-corrected chi connectivity index (χ3v) is 4.09. The smallest absolute Gasteiger partial charge is 0.128 e. The van der Waals surface area contributed by atoms with Crippen LogP contribution in [0.3, 0.4) is 0 Å². The van der Waals surface area contributed by atoms with Crippen LogP contribution in [0.25, 0.3) is 0 Å². The summed E-state index contributed by atoms with van der Waals surface area (Å²) in [5.74, 6) is 1.62. The Morgan fingerprint density at radius 2 is 2.17 bits per heavy atom. The fourth-order valence-corrected chi connectivity index (χ4v) is 2.83. The number of hydrogen-bond acceptors (Lipinski definition) is 3. The molecule has 1 atom stereocenters. The molecule has 1 unspecified atom stereocenters. The zero-order valence-corrected chi connectivity index (χ0v) is 12.0. The van der Waals surface area contributed by atoms with E-state index in [1.54, 1.807) is 0 Å². The van der Waals surface area contributed by atoms with Crippen molar-refractivity contribution in [3.05, 3.63) is 23.9 Å². The van der Waals surface area contributed by atoms with E-state index in [0.29, 0.717) is 11.9 Å². The Morgan fingerprint density at radius 3 is 2.72 bits per heavy atom. The number of pyridine rings is 1. The summed E-state index contributed by atoms with van der Waals surface area (Å²) in [5.41, 5.74) is 1.08. The summed E-state index contributed by atoms with van der Waals surface area (Å²) < 4.78 is 0. The Morgan fingerprint density at radius 1 is 1.39 bits per heavy atom. The molecule has 4 heteroatoms. The minimum Gasteiger partial charge on any atom is -0.355 e. The molecule has 100 valence electrons. The van der Waals surface area contributed by atoms with Crippen molar-refractivity contribution < 1.29 is 0 Å². The Kier molecular flexibility index (Phi) is 4.84. The molecule has 1 aliphatic heterocycles. The predicted octanol–water partition coefficient (Wildman–Crippen LogP) is 2.74. The number of halogens is 1. The molecule has 18 heavy (non-hydrogen) atoms. The highest BCUT2D eigenvalue weighted by Crippen LogP contribution is 2.21. The maximum absolute atomic E-state index is 5.78. The minimum atomic E-state index is 0.537. The summed E-state index contributed by atoms with van der Waals surface area (Å²) in [6.45, 7) is 8.93. The molecule has 2 rings (SSSR count). The molecule has 0 N–H and O–H groups in total. The molecule has 1 fully saturated rings. The van der Waals surface area contributed by atoms with Crippen LogP contribution in [0.4, 0.5) is 5.82 Å². The van der Waals surface area contributed by atoms with E-state index < -0.39 is 0 Å². The van der Waals surface area contributed by atoms with Crippen molar-refractivity contribution >= 4 is 17.4 Å². The summed E-state index contributed by atoms with van der Waals surface area (Å²) in [7, 11) is 0. The lowest BCUT2D eigenvalue weighted by Gasteiger charge is -2.26. The summed E-state index contributed by atoms with van der Waals surface area (Å²) in [5, 5.41) is 0. The lowest BCUT2D eigenvalue weighted by Crippen LogP contribution is -2.37. The minimum absolute atomic E-state index is 0.537. The Labute approximate surface area is 115 Å². The van der Waals surface area contributed by atoms with Gasteiger partial charge in [-0.15, -0.1) is 11.6 Å². The number of likely N-dealkylation sites (N-methyl/N-ethyl adjacent to an activating group) is 1. The van der Waals surface area contributed by atoms with Crippen LogP contribution < -0.4 is 4.90 Å². The molecule has 0 saturated carbocycles. The largest absolute Gasteiger partial charge is 0.355 e. The standard InChI is InChI=1S/C14H22ClN3/c1-3-17(4-2)13-7-8-18(11-13)14-6-5-12(9-15)10-16-14/h5-6,10,13H,3-4,7-9,11H2,1-2H3. The topological polar surface area (TPSA) is 19.4 Å². The molecule has 1 aromatic heterocycles. The quantitative estimate of drug-likeness (QED) is 0.765. The first-order valence-corrected chi connectivity index (χ1v) is 7.31. The molecule has 1 aliphatic rings. The molecule has 0 radical (unpaired) electrons. The number of alkyl halides is 1. The second-order valence-corrected chi connectivity index (χ2v) is 5.04. The fraction of sp³-hybridized carbons (Fsp3) is 0.643. The van der Waals surface area contributed by atoms with Gasteiger partial charge in [0.2, 0.25) is 0 Å². The van der Waals surface area contributed by atoms with E-state index >= 15 is 0 Å². The van der Waals surface area contributed by atoms with Gasteiger partial charge in [0.25, 0.3) is 0 Å². The van der Waals surface area contributed by atoms with Gasteiger partial charge in [0.1, 0.15) is 5.82 Å². The van der Waals surface area contributed by atoms with Crippen LogP contribution in [0.5, 0.6) is 0 Å². The second-order valence-electron chi connectivity index (χ2n) is 4.77. The van der Waals surface area contributed by atoms with Gasteiger partial charge in [-0.05, 0) is 31.1 Å². The Balaban J connectivity index is 1.99. The fourth-order valence-electron chi connectivity index (χ4n) is 2.67. The van der Waals surface area contributed by atoms with E-state index in [2.05, 4.69) is 40.8 Å². The van der Waals surface area contributed by atoms with Gasteiger partial charge in [0.15, 0.2) is 0 Å². The van der Waals surface area contributed by atoms with E-state index in [4.69, 9.17) is 11.6 Å². The number of aromatic nitrogens is 1. The highest BCUT2D eigenvalue weighted by atomic mass is 35.5. The van der Waals surface area contributed by atoms with E-state index in [1.807, 2.05) is 6.20 Å². The maximum atomic E-state index is 5.78. The Hall–Kier alpha value is -0.800. The van der Waals surface area contributed by atoms with Crippen molar-refractivity contribution in [2.45, 2.75) is 32.2 Å².